The van der Waals surface area contributed by atoms with Crippen LogP contribution < -0.4 is 0 Å². The lowest BCUT2D eigenvalue weighted by atomic mass is 10.0. The molecular formula is C76H142O6. The van der Waals surface area contributed by atoms with Crippen LogP contribution in [-0.2, 0) is 28.6 Å². The van der Waals surface area contributed by atoms with E-state index >= 15 is 0 Å². The van der Waals surface area contributed by atoms with Gasteiger partial charge in [-0.2, -0.15) is 0 Å². The van der Waals surface area contributed by atoms with Gasteiger partial charge in [0.05, 0.1) is 0 Å². The van der Waals surface area contributed by atoms with E-state index in [9.17, 15) is 14.4 Å². The number of ether oxygens (including phenoxy) is 3. The monoisotopic (exact) mass is 1150 g/mol. The minimum atomic E-state index is -0.771. The molecule has 0 N–H and O–H groups in total. The van der Waals surface area contributed by atoms with Gasteiger partial charge in [0.15, 0.2) is 6.10 Å². The molecule has 0 bridgehead atoms. The highest BCUT2D eigenvalue weighted by Crippen LogP contribution is 2.19. The third-order valence-electron chi connectivity index (χ3n) is 16.9. The van der Waals surface area contributed by atoms with Crippen LogP contribution in [0.3, 0.4) is 0 Å². The number of allylic oxidation sites excluding steroid dienone is 6. The Hall–Kier alpha value is -2.37. The van der Waals surface area contributed by atoms with E-state index in [1.54, 1.807) is 0 Å². The van der Waals surface area contributed by atoms with Gasteiger partial charge in [0, 0.05) is 19.3 Å². The molecule has 0 saturated carbocycles. The number of carbonyl (C=O) groups is 3. The molecule has 82 heavy (non-hydrogen) atoms. The summed E-state index contributed by atoms with van der Waals surface area (Å²) in [5.41, 5.74) is 0. The van der Waals surface area contributed by atoms with Gasteiger partial charge in [0.1, 0.15) is 13.2 Å². The predicted octanol–water partition coefficient (Wildman–Crippen LogP) is 25.5. The van der Waals surface area contributed by atoms with Crippen LogP contribution in [0.15, 0.2) is 36.5 Å². The van der Waals surface area contributed by atoms with Gasteiger partial charge in [0.2, 0.25) is 0 Å². The smallest absolute Gasteiger partial charge is 0.306 e. The highest BCUT2D eigenvalue weighted by atomic mass is 16.6. The van der Waals surface area contributed by atoms with Crippen molar-refractivity contribution in [3.05, 3.63) is 36.5 Å². The number of rotatable bonds is 69. The summed E-state index contributed by atoms with van der Waals surface area (Å²) in [6.07, 6.45) is 89.0. The molecule has 0 heterocycles. The maximum atomic E-state index is 13.0. The quantitative estimate of drug-likeness (QED) is 0.0261. The standard InChI is InChI=1S/C76H142O6/c1-4-7-10-13-16-19-22-25-27-29-31-33-35-36-37-38-39-40-42-43-45-47-49-51-54-57-60-63-66-69-75(78)81-72-73(71-80-74(77)68-65-62-59-56-53-24-21-18-15-12-9-6-3)82-76(79)70-67-64-61-58-55-52-50-48-46-44-41-34-32-30-28-26-23-20-17-14-11-8-5-2/h23,26,29-32,73H,4-22,24-25,27-28,33-72H2,1-3H3/b26-23-,31-29-,32-30-. The van der Waals surface area contributed by atoms with Gasteiger partial charge in [-0.25, -0.2) is 0 Å². The molecular weight excluding hydrogens is 1010 g/mol. The third kappa shape index (κ3) is 68.4. The molecule has 0 aliphatic heterocycles. The molecule has 0 spiro atoms. The summed E-state index contributed by atoms with van der Waals surface area (Å²) in [5, 5.41) is 0. The van der Waals surface area contributed by atoms with Crippen molar-refractivity contribution < 1.29 is 28.6 Å². The van der Waals surface area contributed by atoms with Crippen LogP contribution in [0.5, 0.6) is 0 Å². The summed E-state index contributed by atoms with van der Waals surface area (Å²) in [6, 6.07) is 0. The van der Waals surface area contributed by atoms with Crippen LogP contribution in [0.25, 0.3) is 0 Å². The van der Waals surface area contributed by atoms with Crippen molar-refractivity contribution in [3.8, 4) is 0 Å². The van der Waals surface area contributed by atoms with E-state index < -0.39 is 6.10 Å². The van der Waals surface area contributed by atoms with E-state index in [2.05, 4.69) is 57.2 Å². The van der Waals surface area contributed by atoms with Crippen LogP contribution in [0.1, 0.15) is 412 Å². The highest BCUT2D eigenvalue weighted by molar-refractivity contribution is 5.71. The Morgan fingerprint density at radius 1 is 0.244 bits per heavy atom. The van der Waals surface area contributed by atoms with Crippen LogP contribution >= 0.6 is 0 Å². The maximum absolute atomic E-state index is 13.0. The fraction of sp³-hybridized carbons (Fsp3) is 0.882. The van der Waals surface area contributed by atoms with Crippen molar-refractivity contribution in [1.29, 1.82) is 0 Å². The summed E-state index contributed by atoms with van der Waals surface area (Å²) >= 11 is 0. The van der Waals surface area contributed by atoms with Crippen LogP contribution in [0.2, 0.25) is 0 Å². The minimum absolute atomic E-state index is 0.0670. The maximum Gasteiger partial charge on any atom is 0.306 e. The lowest BCUT2D eigenvalue weighted by Gasteiger charge is -2.18. The second-order valence-electron chi connectivity index (χ2n) is 25.2. The largest absolute Gasteiger partial charge is 0.462 e. The number of hydrogen-bond acceptors (Lipinski definition) is 6. The Bertz CT molecular complexity index is 1370. The number of unbranched alkanes of at least 4 members (excludes halogenated alkanes) is 52. The minimum Gasteiger partial charge on any atom is -0.462 e. The van der Waals surface area contributed by atoms with Gasteiger partial charge in [0.25, 0.3) is 0 Å². The molecule has 1 unspecified atom stereocenters. The molecule has 0 aromatic carbocycles. The van der Waals surface area contributed by atoms with Gasteiger partial charge < -0.3 is 14.2 Å². The van der Waals surface area contributed by atoms with Crippen LogP contribution in [-0.4, -0.2) is 37.2 Å². The lowest BCUT2D eigenvalue weighted by Crippen LogP contribution is -2.30. The number of hydrogen-bond donors (Lipinski definition) is 0. The Morgan fingerprint density at radius 3 is 0.683 bits per heavy atom. The molecule has 0 aliphatic carbocycles. The van der Waals surface area contributed by atoms with Gasteiger partial charge in [-0.3, -0.25) is 14.4 Å². The van der Waals surface area contributed by atoms with Crippen molar-refractivity contribution >= 4 is 17.9 Å². The first kappa shape index (κ1) is 79.6. The summed E-state index contributed by atoms with van der Waals surface area (Å²) < 4.78 is 17.0. The van der Waals surface area contributed by atoms with Crippen LogP contribution in [0.4, 0.5) is 0 Å². The number of carbonyl (C=O) groups excluding carboxylic acids is 3. The predicted molar refractivity (Wildman–Crippen MR) is 358 cm³/mol. The molecule has 6 heteroatoms. The Labute approximate surface area is 512 Å². The van der Waals surface area contributed by atoms with Crippen molar-refractivity contribution in [2.24, 2.45) is 0 Å². The summed E-state index contributed by atoms with van der Waals surface area (Å²) in [5.74, 6) is -0.839. The highest BCUT2D eigenvalue weighted by Gasteiger charge is 2.20. The van der Waals surface area contributed by atoms with Gasteiger partial charge >= 0.3 is 17.9 Å². The molecule has 6 nitrogen and oxygen atoms in total. The van der Waals surface area contributed by atoms with Gasteiger partial charge in [-0.15, -0.1) is 0 Å². The molecule has 0 aromatic heterocycles. The average molecular weight is 1150 g/mol. The van der Waals surface area contributed by atoms with Crippen molar-refractivity contribution in [2.75, 3.05) is 13.2 Å². The van der Waals surface area contributed by atoms with E-state index in [4.69, 9.17) is 14.2 Å². The molecule has 0 aliphatic rings. The second-order valence-corrected chi connectivity index (χ2v) is 25.2. The molecule has 0 saturated heterocycles. The molecule has 1 atom stereocenters. The van der Waals surface area contributed by atoms with E-state index in [0.29, 0.717) is 19.3 Å². The molecule has 0 fully saturated rings. The van der Waals surface area contributed by atoms with E-state index in [0.717, 1.165) is 64.2 Å². The first-order valence-electron chi connectivity index (χ1n) is 37.0. The van der Waals surface area contributed by atoms with Gasteiger partial charge in [-0.1, -0.05) is 353 Å². The zero-order valence-corrected chi connectivity index (χ0v) is 55.5. The Kier molecular flexibility index (Phi) is 69.1. The van der Waals surface area contributed by atoms with Gasteiger partial charge in [-0.05, 0) is 77.0 Å². The van der Waals surface area contributed by atoms with Crippen molar-refractivity contribution in [3.63, 3.8) is 0 Å². The summed E-state index contributed by atoms with van der Waals surface area (Å²) in [4.78, 5) is 38.4. The Balaban J connectivity index is 4.17. The zero-order valence-electron chi connectivity index (χ0n) is 55.5. The SMILES string of the molecule is CCCCCCC/C=C\C/C=C\CCCCCCCCCCCCCC(=O)OC(COC(=O)CCCCCCCCCCCCCC)COC(=O)CCCCCCCCCCCCCCCCCCC/C=C\CCCCCCCCCC. The van der Waals surface area contributed by atoms with E-state index in [1.165, 1.54) is 308 Å². The molecule has 0 radical (unpaired) electrons. The van der Waals surface area contributed by atoms with Crippen molar-refractivity contribution in [1.82, 2.24) is 0 Å². The number of esters is 3. The third-order valence-corrected chi connectivity index (χ3v) is 16.9. The fourth-order valence-corrected chi connectivity index (χ4v) is 11.3. The second kappa shape index (κ2) is 71.1. The first-order valence-corrected chi connectivity index (χ1v) is 37.0. The Morgan fingerprint density at radius 2 is 0.439 bits per heavy atom. The van der Waals surface area contributed by atoms with E-state index in [-0.39, 0.29) is 31.1 Å². The zero-order chi connectivity index (χ0) is 59.2. The molecule has 0 aromatic rings. The first-order chi connectivity index (χ1) is 40.5. The van der Waals surface area contributed by atoms with Crippen LogP contribution in [0, 0.1) is 0 Å². The average Bonchev–Trinajstić information content (AvgIpc) is 3.47. The van der Waals surface area contributed by atoms with E-state index in [1.807, 2.05) is 0 Å². The fourth-order valence-electron chi connectivity index (χ4n) is 11.3. The summed E-state index contributed by atoms with van der Waals surface area (Å²) in [6.45, 7) is 6.70. The summed E-state index contributed by atoms with van der Waals surface area (Å²) in [7, 11) is 0. The molecule has 0 rings (SSSR count). The lowest BCUT2D eigenvalue weighted by molar-refractivity contribution is -0.167. The normalized spacial score (nSPS) is 12.2. The van der Waals surface area contributed by atoms with Crippen molar-refractivity contribution in [2.45, 2.75) is 419 Å². The topological polar surface area (TPSA) is 78.9 Å². The molecule has 0 amide bonds. The molecule has 482 valence electrons.